The second-order valence-corrected chi connectivity index (χ2v) is 6.24. The van der Waals surface area contributed by atoms with Gasteiger partial charge in [0.05, 0.1) is 29.7 Å². The quantitative estimate of drug-likeness (QED) is 0.475. The summed E-state index contributed by atoms with van der Waals surface area (Å²) < 4.78 is 39.2. The van der Waals surface area contributed by atoms with Crippen molar-refractivity contribution in [3.8, 4) is 0 Å². The van der Waals surface area contributed by atoms with Crippen molar-refractivity contribution >= 4 is 50.9 Å². The predicted molar refractivity (Wildman–Crippen MR) is 92.4 cm³/mol. The van der Waals surface area contributed by atoms with Crippen LogP contribution in [0.3, 0.4) is 0 Å². The minimum Gasteiger partial charge on any atom is -0.465 e. The van der Waals surface area contributed by atoms with E-state index < -0.39 is 17.6 Å². The van der Waals surface area contributed by atoms with Gasteiger partial charge in [-0.05, 0) is 53.8 Å². The number of anilines is 2. The highest BCUT2D eigenvalue weighted by Crippen LogP contribution is 2.34. The first-order valence-corrected chi connectivity index (χ1v) is 7.89. The highest BCUT2D eigenvalue weighted by Gasteiger charge is 2.24. The zero-order chi connectivity index (χ0) is 17.4. The number of hydrogen-bond acceptors (Lipinski definition) is 5. The summed E-state index contributed by atoms with van der Waals surface area (Å²) in [7, 11) is 1.18. The molecule has 5 nitrogen and oxygen atoms in total. The third kappa shape index (κ3) is 2.81. The van der Waals surface area contributed by atoms with E-state index >= 15 is 0 Å². The van der Waals surface area contributed by atoms with Crippen LogP contribution in [0.5, 0.6) is 0 Å². The fraction of sp³-hybridized carbons (Fsp3) is 0.125. The molecule has 124 valence electrons. The minimum absolute atomic E-state index is 0.0232. The van der Waals surface area contributed by atoms with Gasteiger partial charge in [0.2, 0.25) is 5.58 Å². The number of halogens is 3. The van der Waals surface area contributed by atoms with Crippen molar-refractivity contribution in [2.75, 3.05) is 12.4 Å². The van der Waals surface area contributed by atoms with Crippen LogP contribution in [-0.2, 0) is 4.74 Å². The van der Waals surface area contributed by atoms with Crippen molar-refractivity contribution < 1.29 is 22.8 Å². The summed E-state index contributed by atoms with van der Waals surface area (Å²) >= 11 is 1.96. The summed E-state index contributed by atoms with van der Waals surface area (Å²) in [6, 6.07) is 5.80. The number of carbonyl (C=O) groups is 1. The molecule has 8 heteroatoms. The maximum Gasteiger partial charge on any atom is 0.340 e. The van der Waals surface area contributed by atoms with Crippen LogP contribution < -0.4 is 5.32 Å². The highest BCUT2D eigenvalue weighted by molar-refractivity contribution is 14.1. The summed E-state index contributed by atoms with van der Waals surface area (Å²) in [5.74, 6) is -2.18. The largest absolute Gasteiger partial charge is 0.465 e. The summed E-state index contributed by atoms with van der Waals surface area (Å²) in [6.07, 6.45) is 0. The lowest BCUT2D eigenvalue weighted by atomic mass is 10.1. The highest BCUT2D eigenvalue weighted by atomic mass is 127. The summed E-state index contributed by atoms with van der Waals surface area (Å²) in [5, 5.41) is 6.65. The van der Waals surface area contributed by atoms with Crippen molar-refractivity contribution in [2.24, 2.45) is 0 Å². The average Bonchev–Trinajstić information content (AvgIpc) is 2.92. The van der Waals surface area contributed by atoms with Gasteiger partial charge in [0, 0.05) is 8.96 Å². The van der Waals surface area contributed by atoms with Gasteiger partial charge >= 0.3 is 5.97 Å². The Morgan fingerprint density at radius 1 is 1.33 bits per heavy atom. The van der Waals surface area contributed by atoms with E-state index in [0.29, 0.717) is 14.7 Å². The van der Waals surface area contributed by atoms with Crippen LogP contribution in [0.15, 0.2) is 28.8 Å². The lowest BCUT2D eigenvalue weighted by Crippen LogP contribution is -2.08. The van der Waals surface area contributed by atoms with Gasteiger partial charge in [-0.15, -0.1) is 0 Å². The number of benzene rings is 2. The second-order valence-electron chi connectivity index (χ2n) is 5.00. The maximum atomic E-state index is 14.8. The molecule has 0 aliphatic rings. The SMILES string of the molecule is COC(=O)c1cc2c(C)noc2c(F)c1Nc1ccc(I)cc1F. The van der Waals surface area contributed by atoms with Crippen LogP contribution in [0.2, 0.25) is 0 Å². The van der Waals surface area contributed by atoms with E-state index in [9.17, 15) is 13.6 Å². The maximum absolute atomic E-state index is 14.8. The normalized spacial score (nSPS) is 10.9. The lowest BCUT2D eigenvalue weighted by Gasteiger charge is -2.13. The molecular formula is C16H11F2IN2O3. The van der Waals surface area contributed by atoms with E-state index in [0.717, 1.165) is 0 Å². The Labute approximate surface area is 149 Å². The standard InChI is InChI=1S/C16H11F2IN2O3/c1-7-9-6-10(16(22)23-2)14(13(18)15(9)24-21-7)20-12-4-3-8(19)5-11(12)17/h3-6,20H,1-2H3. The fourth-order valence-corrected chi connectivity index (χ4v) is 2.73. The number of aryl methyl sites for hydroxylation is 1. The summed E-state index contributed by atoms with van der Waals surface area (Å²) in [5.41, 5.74) is 0.0297. The van der Waals surface area contributed by atoms with E-state index in [2.05, 4.69) is 10.5 Å². The molecule has 1 N–H and O–H groups in total. The number of nitrogens with one attached hydrogen (secondary N) is 1. The third-order valence-corrected chi connectivity index (χ3v) is 4.15. The van der Waals surface area contributed by atoms with Gasteiger partial charge in [0.1, 0.15) is 5.82 Å². The van der Waals surface area contributed by atoms with Crippen LogP contribution in [0.25, 0.3) is 11.0 Å². The average molecular weight is 444 g/mol. The Hall–Kier alpha value is -2.23. The molecule has 0 bridgehead atoms. The van der Waals surface area contributed by atoms with Crippen LogP contribution in [-0.4, -0.2) is 18.2 Å². The van der Waals surface area contributed by atoms with E-state index in [4.69, 9.17) is 9.26 Å². The molecule has 0 aliphatic carbocycles. The molecule has 0 fully saturated rings. The minimum atomic E-state index is -0.841. The van der Waals surface area contributed by atoms with E-state index in [-0.39, 0.29) is 22.5 Å². The first kappa shape index (κ1) is 16.6. The van der Waals surface area contributed by atoms with Gasteiger partial charge in [-0.3, -0.25) is 0 Å². The topological polar surface area (TPSA) is 64.4 Å². The van der Waals surface area contributed by atoms with Gasteiger partial charge in [-0.1, -0.05) is 5.16 Å². The molecule has 0 radical (unpaired) electrons. The van der Waals surface area contributed by atoms with Crippen molar-refractivity contribution in [1.29, 1.82) is 0 Å². The van der Waals surface area contributed by atoms with Gasteiger partial charge < -0.3 is 14.6 Å². The fourth-order valence-electron chi connectivity index (χ4n) is 2.27. The number of fused-ring (bicyclic) bond motifs is 1. The van der Waals surface area contributed by atoms with Crippen molar-refractivity contribution in [3.05, 3.63) is 50.7 Å². The lowest BCUT2D eigenvalue weighted by molar-refractivity contribution is 0.0601. The van der Waals surface area contributed by atoms with Crippen molar-refractivity contribution in [1.82, 2.24) is 5.16 Å². The molecule has 0 atom stereocenters. The second kappa shape index (κ2) is 6.34. The Balaban J connectivity index is 2.21. The number of hydrogen-bond donors (Lipinski definition) is 1. The van der Waals surface area contributed by atoms with E-state index in [1.54, 1.807) is 13.0 Å². The third-order valence-electron chi connectivity index (χ3n) is 3.48. The van der Waals surface area contributed by atoms with Gasteiger partial charge in [0.25, 0.3) is 0 Å². The first-order chi connectivity index (χ1) is 11.4. The summed E-state index contributed by atoms with van der Waals surface area (Å²) in [6.45, 7) is 1.62. The first-order valence-electron chi connectivity index (χ1n) is 6.81. The molecule has 24 heavy (non-hydrogen) atoms. The Morgan fingerprint density at radius 2 is 2.08 bits per heavy atom. The Kier molecular flexibility index (Phi) is 4.39. The van der Waals surface area contributed by atoms with Gasteiger partial charge in [0.15, 0.2) is 5.82 Å². The van der Waals surface area contributed by atoms with Crippen molar-refractivity contribution in [3.63, 3.8) is 0 Å². The number of carbonyl (C=O) groups excluding carboxylic acids is 1. The van der Waals surface area contributed by atoms with Crippen LogP contribution in [0.4, 0.5) is 20.2 Å². The molecule has 0 saturated carbocycles. The molecule has 0 aliphatic heterocycles. The van der Waals surface area contributed by atoms with Crippen LogP contribution in [0, 0.1) is 22.1 Å². The molecule has 3 aromatic rings. The van der Waals surface area contributed by atoms with E-state index in [1.807, 2.05) is 22.6 Å². The molecule has 0 spiro atoms. The number of ether oxygens (including phenoxy) is 1. The zero-order valence-corrected chi connectivity index (χ0v) is 14.8. The molecule has 3 rings (SSSR count). The van der Waals surface area contributed by atoms with Crippen molar-refractivity contribution in [2.45, 2.75) is 6.92 Å². The molecule has 1 heterocycles. The molecule has 2 aromatic carbocycles. The molecule has 0 amide bonds. The molecule has 0 saturated heterocycles. The van der Waals surface area contributed by atoms with Crippen LogP contribution in [0.1, 0.15) is 16.1 Å². The number of rotatable bonds is 3. The van der Waals surface area contributed by atoms with E-state index in [1.165, 1.54) is 25.3 Å². The Morgan fingerprint density at radius 3 is 2.75 bits per heavy atom. The predicted octanol–water partition coefficient (Wildman–Crippen LogP) is 4.55. The molecular weight excluding hydrogens is 433 g/mol. The number of methoxy groups -OCH3 is 1. The van der Waals surface area contributed by atoms with Crippen LogP contribution >= 0.6 is 22.6 Å². The molecule has 1 aromatic heterocycles. The van der Waals surface area contributed by atoms with Gasteiger partial charge in [-0.25, -0.2) is 13.6 Å². The smallest absolute Gasteiger partial charge is 0.340 e. The Bertz CT molecular complexity index is 956. The number of nitrogens with zero attached hydrogens (tertiary/aromatic N) is 1. The van der Waals surface area contributed by atoms with Gasteiger partial charge in [-0.2, -0.15) is 0 Å². The number of aromatic nitrogens is 1. The summed E-state index contributed by atoms with van der Waals surface area (Å²) in [4.78, 5) is 12.0. The molecule has 0 unspecified atom stereocenters. The number of esters is 1. The zero-order valence-electron chi connectivity index (χ0n) is 12.6. The monoisotopic (exact) mass is 444 g/mol.